The molecule has 12 heteroatoms. The van der Waals surface area contributed by atoms with Gasteiger partial charge in [-0.3, -0.25) is 0 Å². The van der Waals surface area contributed by atoms with E-state index in [9.17, 15) is 9.90 Å². The van der Waals surface area contributed by atoms with E-state index < -0.39 is 22.2 Å². The number of hydrogen-bond acceptors (Lipinski definition) is 6. The van der Waals surface area contributed by atoms with Gasteiger partial charge in [-0.25, -0.2) is 9.78 Å². The van der Waals surface area contributed by atoms with E-state index in [2.05, 4.69) is 77.9 Å². The molecule has 1 amide bonds. The van der Waals surface area contributed by atoms with Crippen molar-refractivity contribution in [2.45, 2.75) is 95.1 Å². The van der Waals surface area contributed by atoms with Crippen LogP contribution in [0.25, 0.3) is 5.65 Å². The molecule has 0 spiro atoms. The number of fused-ring (bicyclic) bond motifs is 3. The largest absolute Gasteiger partial charge is 0.465 e. The lowest BCUT2D eigenvalue weighted by Gasteiger charge is -2.37. The van der Waals surface area contributed by atoms with Gasteiger partial charge in [0.25, 0.3) is 0 Å². The van der Waals surface area contributed by atoms with Gasteiger partial charge in [0.15, 0.2) is 5.65 Å². The molecule has 0 unspecified atom stereocenters. The van der Waals surface area contributed by atoms with Crippen LogP contribution in [0.15, 0.2) is 12.3 Å². The quantitative estimate of drug-likeness (QED) is 0.125. The second-order valence-electron chi connectivity index (χ2n) is 13.2. The number of halogens is 1. The van der Waals surface area contributed by atoms with E-state index in [1.807, 2.05) is 10.7 Å². The summed E-state index contributed by atoms with van der Waals surface area (Å²) in [6.07, 6.45) is 4.57. The zero-order valence-electron chi connectivity index (χ0n) is 23.7. The number of ether oxygens (including phenoxy) is 2. The fourth-order valence-electron chi connectivity index (χ4n) is 5.38. The van der Waals surface area contributed by atoms with Crippen molar-refractivity contribution in [3.8, 4) is 0 Å². The predicted molar refractivity (Wildman–Crippen MR) is 165 cm³/mol. The van der Waals surface area contributed by atoms with Gasteiger partial charge in [0.2, 0.25) is 0 Å². The minimum absolute atomic E-state index is 0.0765. The normalized spacial score (nSPS) is 21.9. The number of aromatic nitrogens is 3. The average molecular weight is 674 g/mol. The maximum Gasteiger partial charge on any atom is 0.407 e. The van der Waals surface area contributed by atoms with Gasteiger partial charge in [-0.05, 0) is 60.4 Å². The van der Waals surface area contributed by atoms with Gasteiger partial charge in [-0.2, -0.15) is 9.61 Å². The zero-order valence-corrected chi connectivity index (χ0v) is 27.9. The Morgan fingerprint density at radius 2 is 1.61 bits per heavy atom. The number of nitrogens with zero attached hydrogens (tertiary/aromatic N) is 5. The maximum absolute atomic E-state index is 11.8. The summed E-state index contributed by atoms with van der Waals surface area (Å²) in [5.74, 6) is 1.14. The Morgan fingerprint density at radius 1 is 1.05 bits per heavy atom. The summed E-state index contributed by atoms with van der Waals surface area (Å²) in [5, 5.41) is 14.4. The monoisotopic (exact) mass is 673 g/mol. The molecule has 2 bridgehead atoms. The van der Waals surface area contributed by atoms with Gasteiger partial charge >= 0.3 is 6.09 Å². The molecular formula is C26H44IN5O4Si2. The van der Waals surface area contributed by atoms with Crippen LogP contribution in [0.2, 0.25) is 51.4 Å². The van der Waals surface area contributed by atoms with E-state index in [4.69, 9.17) is 14.5 Å². The smallest absolute Gasteiger partial charge is 0.407 e. The molecule has 2 aromatic heterocycles. The first kappa shape index (κ1) is 29.7. The van der Waals surface area contributed by atoms with Crippen molar-refractivity contribution < 1.29 is 19.4 Å². The Morgan fingerprint density at radius 3 is 2.11 bits per heavy atom. The van der Waals surface area contributed by atoms with E-state index in [-0.39, 0.29) is 18.0 Å². The van der Waals surface area contributed by atoms with E-state index >= 15 is 0 Å². The summed E-state index contributed by atoms with van der Waals surface area (Å²) in [6.45, 7) is 16.5. The van der Waals surface area contributed by atoms with E-state index in [1.54, 1.807) is 4.90 Å². The molecule has 0 aromatic carbocycles. The lowest BCUT2D eigenvalue weighted by atomic mass is 9.88. The van der Waals surface area contributed by atoms with Crippen LogP contribution in [0.3, 0.4) is 0 Å². The fraction of sp³-hybridized carbons (Fsp3) is 0.731. The minimum atomic E-state index is -1.20. The summed E-state index contributed by atoms with van der Waals surface area (Å²) in [5.41, 5.74) is 1.85. The topological polar surface area (TPSA) is 92.4 Å². The van der Waals surface area contributed by atoms with Gasteiger partial charge < -0.3 is 24.4 Å². The SMILES string of the molecule is C[Si](C)(C)CCOCN(COCC[Si](C)(C)C)c1cc([C@@H]2C[C@H]3CC[C@@H](C2)N3C(=O)O)nc2c(I)cnn12. The maximum atomic E-state index is 11.8. The highest BCUT2D eigenvalue weighted by Gasteiger charge is 2.44. The second-order valence-corrected chi connectivity index (χ2v) is 25.7. The summed E-state index contributed by atoms with van der Waals surface area (Å²) < 4.78 is 15.3. The molecule has 38 heavy (non-hydrogen) atoms. The molecule has 2 aliphatic rings. The minimum Gasteiger partial charge on any atom is -0.465 e. The highest BCUT2D eigenvalue weighted by Crippen LogP contribution is 2.43. The van der Waals surface area contributed by atoms with Gasteiger partial charge in [0.1, 0.15) is 19.3 Å². The molecule has 3 atom stereocenters. The standard InChI is InChI=1S/C26H44IN5O4Si2/c1-37(2,3)11-9-35-17-30(18-36-10-12-38(4,5)6)24-15-23(29-25-22(27)16-28-32(24)25)19-13-20-7-8-21(14-19)31(20)26(33)34/h15-16,19-21H,7-14,17-18H2,1-6H3,(H,33,34)/t19-,20-,21+. The molecule has 0 aliphatic carbocycles. The average Bonchev–Trinajstić information content (AvgIpc) is 3.32. The molecule has 1 N–H and O–H groups in total. The lowest BCUT2D eigenvalue weighted by molar-refractivity contribution is 0.0934. The van der Waals surface area contributed by atoms with Crippen LogP contribution in [0.5, 0.6) is 0 Å². The van der Waals surface area contributed by atoms with Crippen LogP contribution in [-0.2, 0) is 9.47 Å². The van der Waals surface area contributed by atoms with Crippen LogP contribution in [0, 0.1) is 3.57 Å². The van der Waals surface area contributed by atoms with Gasteiger partial charge in [0.05, 0.1) is 9.77 Å². The van der Waals surface area contributed by atoms with Gasteiger partial charge in [0, 0.05) is 59.1 Å². The molecule has 0 saturated carbocycles. The van der Waals surface area contributed by atoms with E-state index in [1.165, 1.54) is 0 Å². The van der Waals surface area contributed by atoms with Crippen molar-refractivity contribution in [1.82, 2.24) is 19.5 Å². The Balaban J connectivity index is 1.59. The highest BCUT2D eigenvalue weighted by atomic mass is 127. The summed E-state index contributed by atoms with van der Waals surface area (Å²) >= 11 is 2.30. The number of carbonyl (C=O) groups is 1. The molecule has 4 heterocycles. The lowest BCUT2D eigenvalue weighted by Crippen LogP contribution is -2.45. The first-order chi connectivity index (χ1) is 17.8. The predicted octanol–water partition coefficient (Wildman–Crippen LogP) is 6.15. The number of rotatable bonds is 12. The van der Waals surface area contributed by atoms with Crippen molar-refractivity contribution in [2.75, 3.05) is 31.6 Å². The first-order valence-electron chi connectivity index (χ1n) is 13.8. The van der Waals surface area contributed by atoms with Crippen LogP contribution >= 0.6 is 22.6 Å². The summed E-state index contributed by atoms with van der Waals surface area (Å²) in [6, 6.07) is 4.51. The van der Waals surface area contributed by atoms with Crippen LogP contribution in [0.1, 0.15) is 37.3 Å². The Bertz CT molecular complexity index is 1080. The van der Waals surface area contributed by atoms with Crippen LogP contribution < -0.4 is 4.90 Å². The molecule has 212 valence electrons. The molecule has 2 saturated heterocycles. The van der Waals surface area contributed by atoms with E-state index in [0.29, 0.717) is 13.5 Å². The van der Waals surface area contributed by atoms with Crippen molar-refractivity contribution in [2.24, 2.45) is 0 Å². The summed E-state index contributed by atoms with van der Waals surface area (Å²) in [7, 11) is -2.40. The highest BCUT2D eigenvalue weighted by molar-refractivity contribution is 14.1. The molecule has 4 rings (SSSR count). The molecule has 2 fully saturated rings. The Labute approximate surface area is 242 Å². The van der Waals surface area contributed by atoms with Crippen molar-refractivity contribution in [3.63, 3.8) is 0 Å². The van der Waals surface area contributed by atoms with Crippen LogP contribution in [0.4, 0.5) is 10.6 Å². The molecular weight excluding hydrogens is 629 g/mol. The third-order valence-electron chi connectivity index (χ3n) is 7.61. The van der Waals surface area contributed by atoms with Crippen molar-refractivity contribution >= 4 is 56.3 Å². The zero-order chi connectivity index (χ0) is 27.7. The van der Waals surface area contributed by atoms with E-state index in [0.717, 1.165) is 71.7 Å². The fourth-order valence-corrected chi connectivity index (χ4v) is 7.37. The number of carboxylic acid groups (broad SMARTS) is 1. The first-order valence-corrected chi connectivity index (χ1v) is 22.3. The number of hydrogen-bond donors (Lipinski definition) is 1. The van der Waals surface area contributed by atoms with Crippen molar-refractivity contribution in [1.29, 1.82) is 0 Å². The molecule has 2 aliphatic heterocycles. The molecule has 0 radical (unpaired) electrons. The number of piperidine rings is 1. The third kappa shape index (κ3) is 7.49. The summed E-state index contributed by atoms with van der Waals surface area (Å²) in [4.78, 5) is 20.7. The Kier molecular flexibility index (Phi) is 9.48. The molecule has 2 aromatic rings. The number of anilines is 1. The molecule has 9 nitrogen and oxygen atoms in total. The number of amides is 1. The van der Waals surface area contributed by atoms with Gasteiger partial charge in [-0.1, -0.05) is 39.3 Å². The third-order valence-corrected chi connectivity index (χ3v) is 11.8. The Hall–Kier alpha value is -1.23. The second kappa shape index (κ2) is 12.1. The van der Waals surface area contributed by atoms with Crippen LogP contribution in [-0.4, -0.2) is 85.6 Å². The van der Waals surface area contributed by atoms with Gasteiger partial charge in [-0.15, -0.1) is 0 Å². The van der Waals surface area contributed by atoms with Crippen molar-refractivity contribution in [3.05, 3.63) is 21.5 Å².